The van der Waals surface area contributed by atoms with E-state index < -0.39 is 17.7 Å². The van der Waals surface area contributed by atoms with Gasteiger partial charge in [0.25, 0.3) is 5.91 Å². The van der Waals surface area contributed by atoms with E-state index in [9.17, 15) is 19.1 Å². The van der Waals surface area contributed by atoms with Crippen LogP contribution >= 0.6 is 0 Å². The van der Waals surface area contributed by atoms with Gasteiger partial charge >= 0.3 is 5.97 Å². The molecule has 0 saturated carbocycles. The molecule has 7 nitrogen and oxygen atoms in total. The van der Waals surface area contributed by atoms with Gasteiger partial charge < -0.3 is 14.9 Å². The predicted octanol–water partition coefficient (Wildman–Crippen LogP) is -0.00670. The van der Waals surface area contributed by atoms with E-state index in [0.717, 1.165) is 6.20 Å². The van der Waals surface area contributed by atoms with Gasteiger partial charge in [-0.15, -0.1) is 0 Å². The van der Waals surface area contributed by atoms with Crippen molar-refractivity contribution in [3.63, 3.8) is 0 Å². The highest BCUT2D eigenvalue weighted by Gasteiger charge is 2.36. The maximum atomic E-state index is 13.8. The van der Waals surface area contributed by atoms with Gasteiger partial charge in [0.15, 0.2) is 5.82 Å². The number of halogens is 1. The normalized spacial score (nSPS) is 25.8. The Labute approximate surface area is 139 Å². The molecule has 2 fully saturated rings. The number of carbonyl (C=O) groups excluding carboxylic acids is 1. The van der Waals surface area contributed by atoms with Crippen LogP contribution in [0.4, 0.5) is 4.39 Å². The highest BCUT2D eigenvalue weighted by Crippen LogP contribution is 2.20. The molecular formula is C16H21FN4O3. The zero-order valence-corrected chi connectivity index (χ0v) is 13.6. The summed E-state index contributed by atoms with van der Waals surface area (Å²) in [6.45, 7) is 3.20. The number of hydrogen-bond donors (Lipinski definition) is 1. The molecule has 1 amide bonds. The second-order valence-corrected chi connectivity index (χ2v) is 6.51. The molecular weight excluding hydrogens is 315 g/mol. The standard InChI is InChI=1S/C16H21FN4O3/c1-19-7-11(16(23)24)8-20-4-5-21(10-12(20)9-19)15(22)13-2-3-18-6-14(13)17/h2-3,6,11-12H,4-5,7-10H2,1H3,(H,23,24). The lowest BCUT2D eigenvalue weighted by molar-refractivity contribution is -0.142. The SMILES string of the molecule is CN1CC(C(=O)O)CN2CCN(C(=O)c3ccncc3F)CC2C1. The molecule has 24 heavy (non-hydrogen) atoms. The molecule has 1 N–H and O–H groups in total. The van der Waals surface area contributed by atoms with E-state index in [1.165, 1.54) is 12.3 Å². The van der Waals surface area contributed by atoms with Crippen molar-refractivity contribution in [2.75, 3.05) is 46.3 Å². The van der Waals surface area contributed by atoms with E-state index in [1.807, 2.05) is 11.9 Å². The Kier molecular flexibility index (Phi) is 4.77. The molecule has 2 aliphatic rings. The quantitative estimate of drug-likeness (QED) is 0.819. The average molecular weight is 336 g/mol. The Morgan fingerprint density at radius 1 is 1.25 bits per heavy atom. The molecule has 8 heteroatoms. The molecule has 3 rings (SSSR count). The predicted molar refractivity (Wildman–Crippen MR) is 84.1 cm³/mol. The Hall–Kier alpha value is -2.06. The fourth-order valence-electron chi connectivity index (χ4n) is 3.52. The van der Waals surface area contributed by atoms with Crippen LogP contribution in [0.1, 0.15) is 10.4 Å². The molecule has 1 aromatic heterocycles. The maximum Gasteiger partial charge on any atom is 0.309 e. The van der Waals surface area contributed by atoms with Gasteiger partial charge in [-0.3, -0.25) is 19.5 Å². The average Bonchev–Trinajstić information content (AvgIpc) is 2.72. The number of fused-ring (bicyclic) bond motifs is 1. The number of likely N-dealkylation sites (N-methyl/N-ethyl adjacent to an activating group) is 1. The second-order valence-electron chi connectivity index (χ2n) is 6.51. The molecule has 2 unspecified atom stereocenters. The molecule has 2 saturated heterocycles. The second kappa shape index (κ2) is 6.82. The van der Waals surface area contributed by atoms with Gasteiger partial charge in [0.05, 0.1) is 17.7 Å². The minimum absolute atomic E-state index is 0.0313. The van der Waals surface area contributed by atoms with Gasteiger partial charge in [-0.2, -0.15) is 0 Å². The third-order valence-corrected chi connectivity index (χ3v) is 4.75. The summed E-state index contributed by atoms with van der Waals surface area (Å²) in [4.78, 5) is 33.4. The van der Waals surface area contributed by atoms with Crippen molar-refractivity contribution in [1.82, 2.24) is 19.7 Å². The minimum atomic E-state index is -0.792. The summed E-state index contributed by atoms with van der Waals surface area (Å²) in [7, 11) is 1.89. The molecule has 0 bridgehead atoms. The summed E-state index contributed by atoms with van der Waals surface area (Å²) in [6, 6.07) is 1.45. The van der Waals surface area contributed by atoms with Crippen molar-refractivity contribution >= 4 is 11.9 Å². The number of hydrogen-bond acceptors (Lipinski definition) is 5. The van der Waals surface area contributed by atoms with E-state index in [-0.39, 0.29) is 17.5 Å². The summed E-state index contributed by atoms with van der Waals surface area (Å²) in [5, 5.41) is 9.33. The topological polar surface area (TPSA) is 77.0 Å². The lowest BCUT2D eigenvalue weighted by Gasteiger charge is -2.41. The summed E-state index contributed by atoms with van der Waals surface area (Å²) in [6.07, 6.45) is 2.45. The molecule has 2 atom stereocenters. The smallest absolute Gasteiger partial charge is 0.309 e. The van der Waals surface area contributed by atoms with Gasteiger partial charge in [-0.05, 0) is 13.1 Å². The number of amides is 1. The third kappa shape index (κ3) is 3.39. The van der Waals surface area contributed by atoms with Crippen LogP contribution in [0.25, 0.3) is 0 Å². The summed E-state index contributed by atoms with van der Waals surface area (Å²) < 4.78 is 13.8. The summed E-state index contributed by atoms with van der Waals surface area (Å²) >= 11 is 0. The first-order valence-corrected chi connectivity index (χ1v) is 8.00. The molecule has 0 aliphatic carbocycles. The van der Waals surface area contributed by atoms with Crippen LogP contribution in [0.15, 0.2) is 18.5 Å². The van der Waals surface area contributed by atoms with Crippen LogP contribution in [0.5, 0.6) is 0 Å². The fourth-order valence-corrected chi connectivity index (χ4v) is 3.52. The number of carbonyl (C=O) groups is 2. The van der Waals surface area contributed by atoms with Crippen LogP contribution in [0.2, 0.25) is 0 Å². The first kappa shape index (κ1) is 16.8. The fraction of sp³-hybridized carbons (Fsp3) is 0.562. The Morgan fingerprint density at radius 3 is 2.75 bits per heavy atom. The van der Waals surface area contributed by atoms with Gasteiger partial charge in [-0.25, -0.2) is 4.39 Å². The van der Waals surface area contributed by atoms with E-state index in [1.54, 1.807) is 4.90 Å². The highest BCUT2D eigenvalue weighted by molar-refractivity contribution is 5.94. The molecule has 3 heterocycles. The number of piperazine rings is 1. The molecule has 2 aliphatic heterocycles. The number of aromatic nitrogens is 1. The lowest BCUT2D eigenvalue weighted by Crippen LogP contribution is -2.57. The van der Waals surface area contributed by atoms with Crippen molar-refractivity contribution in [2.24, 2.45) is 5.92 Å². The number of carboxylic acids is 1. The number of rotatable bonds is 2. The molecule has 0 spiro atoms. The molecule has 0 aromatic carbocycles. The highest BCUT2D eigenvalue weighted by atomic mass is 19.1. The van der Waals surface area contributed by atoms with Crippen LogP contribution in [0.3, 0.4) is 0 Å². The Balaban J connectivity index is 1.73. The van der Waals surface area contributed by atoms with Crippen LogP contribution < -0.4 is 0 Å². The zero-order valence-electron chi connectivity index (χ0n) is 13.6. The first-order valence-electron chi connectivity index (χ1n) is 8.00. The van der Waals surface area contributed by atoms with Gasteiger partial charge in [0.2, 0.25) is 0 Å². The molecule has 1 aromatic rings. The Morgan fingerprint density at radius 2 is 2.04 bits per heavy atom. The third-order valence-electron chi connectivity index (χ3n) is 4.75. The molecule has 0 radical (unpaired) electrons. The zero-order chi connectivity index (χ0) is 17.3. The van der Waals surface area contributed by atoms with Gasteiger partial charge in [0.1, 0.15) is 0 Å². The van der Waals surface area contributed by atoms with Crippen molar-refractivity contribution in [2.45, 2.75) is 6.04 Å². The number of pyridine rings is 1. The summed E-state index contributed by atoms with van der Waals surface area (Å²) in [5.74, 6) is -2.18. The molecule has 130 valence electrons. The van der Waals surface area contributed by atoms with Crippen LogP contribution in [-0.4, -0.2) is 89.0 Å². The monoisotopic (exact) mass is 336 g/mol. The van der Waals surface area contributed by atoms with E-state index >= 15 is 0 Å². The maximum absolute atomic E-state index is 13.8. The van der Waals surface area contributed by atoms with Crippen LogP contribution in [0, 0.1) is 11.7 Å². The van der Waals surface area contributed by atoms with Gasteiger partial charge in [-0.1, -0.05) is 0 Å². The number of nitrogens with zero attached hydrogens (tertiary/aromatic N) is 4. The van der Waals surface area contributed by atoms with E-state index in [2.05, 4.69) is 9.88 Å². The van der Waals surface area contributed by atoms with Crippen molar-refractivity contribution in [1.29, 1.82) is 0 Å². The van der Waals surface area contributed by atoms with Gasteiger partial charge in [0, 0.05) is 51.5 Å². The van der Waals surface area contributed by atoms with E-state index in [4.69, 9.17) is 0 Å². The minimum Gasteiger partial charge on any atom is -0.481 e. The number of carboxylic acid groups (broad SMARTS) is 1. The summed E-state index contributed by atoms with van der Waals surface area (Å²) in [5.41, 5.74) is 0.0313. The van der Waals surface area contributed by atoms with Crippen molar-refractivity contribution in [3.8, 4) is 0 Å². The lowest BCUT2D eigenvalue weighted by atomic mass is 10.1. The van der Waals surface area contributed by atoms with Crippen LogP contribution in [-0.2, 0) is 4.79 Å². The largest absolute Gasteiger partial charge is 0.481 e. The van der Waals surface area contributed by atoms with Crippen molar-refractivity contribution < 1.29 is 19.1 Å². The van der Waals surface area contributed by atoms with E-state index in [0.29, 0.717) is 39.3 Å². The Bertz CT molecular complexity index is 642. The van der Waals surface area contributed by atoms with Crippen molar-refractivity contribution in [3.05, 3.63) is 29.8 Å². The first-order chi connectivity index (χ1) is 11.5. The number of aliphatic carboxylic acids is 1.